The zero-order valence-electron chi connectivity index (χ0n) is 13.3. The molecule has 7 nitrogen and oxygen atoms in total. The van der Waals surface area contributed by atoms with E-state index in [-0.39, 0.29) is 12.0 Å². The molecular weight excluding hydrogens is 385 g/mol. The molecule has 25 heavy (non-hydrogen) atoms. The Kier molecular flexibility index (Phi) is 6.52. The van der Waals surface area contributed by atoms with Crippen LogP contribution < -0.4 is 5.32 Å². The molecule has 2 heterocycles. The second-order valence-electron chi connectivity index (χ2n) is 5.52. The first-order valence-electron chi connectivity index (χ1n) is 7.88. The van der Waals surface area contributed by atoms with Crippen LogP contribution in [0, 0.1) is 0 Å². The van der Waals surface area contributed by atoms with Gasteiger partial charge in [-0.25, -0.2) is 4.68 Å². The number of aromatic nitrogens is 4. The number of anilines is 1. The number of para-hydroxylation sites is 1. The van der Waals surface area contributed by atoms with Crippen LogP contribution in [-0.4, -0.2) is 44.6 Å². The first kappa shape index (κ1) is 18.4. The van der Waals surface area contributed by atoms with Crippen LogP contribution in [0.3, 0.4) is 0 Å². The molecule has 1 fully saturated rings. The average molecular weight is 402 g/mol. The first-order chi connectivity index (χ1) is 12.1. The van der Waals surface area contributed by atoms with Crippen LogP contribution in [0.25, 0.3) is 0 Å². The third kappa shape index (κ3) is 5.07. The number of nitrogens with one attached hydrogen (secondary N) is 1. The Morgan fingerprint density at radius 1 is 1.40 bits per heavy atom. The van der Waals surface area contributed by atoms with E-state index in [9.17, 15) is 4.79 Å². The van der Waals surface area contributed by atoms with E-state index in [4.69, 9.17) is 27.9 Å². The molecule has 1 aromatic carbocycles. The summed E-state index contributed by atoms with van der Waals surface area (Å²) in [6, 6.07) is 5.08. The molecule has 0 spiro atoms. The van der Waals surface area contributed by atoms with E-state index >= 15 is 0 Å². The molecule has 1 aliphatic rings. The lowest BCUT2D eigenvalue weighted by Crippen LogP contribution is -2.17. The lowest BCUT2D eigenvalue weighted by atomic mass is 10.2. The van der Waals surface area contributed by atoms with Crippen molar-refractivity contribution in [1.82, 2.24) is 20.2 Å². The number of ether oxygens (including phenoxy) is 1. The molecule has 1 aliphatic heterocycles. The lowest BCUT2D eigenvalue weighted by Gasteiger charge is -2.10. The molecule has 134 valence electrons. The van der Waals surface area contributed by atoms with Crippen molar-refractivity contribution in [3.8, 4) is 0 Å². The van der Waals surface area contributed by atoms with Gasteiger partial charge in [0, 0.05) is 18.8 Å². The van der Waals surface area contributed by atoms with Crippen molar-refractivity contribution in [1.29, 1.82) is 0 Å². The lowest BCUT2D eigenvalue weighted by molar-refractivity contribution is -0.115. The summed E-state index contributed by atoms with van der Waals surface area (Å²) < 4.78 is 7.32. The van der Waals surface area contributed by atoms with E-state index in [0.717, 1.165) is 19.4 Å². The van der Waals surface area contributed by atoms with E-state index in [1.54, 1.807) is 22.9 Å². The van der Waals surface area contributed by atoms with Gasteiger partial charge in [-0.1, -0.05) is 41.0 Å². The monoisotopic (exact) mass is 401 g/mol. The van der Waals surface area contributed by atoms with Gasteiger partial charge in [-0.3, -0.25) is 4.79 Å². The van der Waals surface area contributed by atoms with Crippen molar-refractivity contribution < 1.29 is 9.53 Å². The van der Waals surface area contributed by atoms with E-state index in [1.807, 2.05) is 0 Å². The number of halogens is 2. The van der Waals surface area contributed by atoms with Crippen molar-refractivity contribution in [2.45, 2.75) is 37.1 Å². The van der Waals surface area contributed by atoms with Gasteiger partial charge in [0.05, 0.1) is 28.4 Å². The van der Waals surface area contributed by atoms with Crippen LogP contribution in [0.2, 0.25) is 10.0 Å². The Bertz CT molecular complexity index is 716. The Labute approximate surface area is 159 Å². The second-order valence-corrected chi connectivity index (χ2v) is 7.40. The van der Waals surface area contributed by atoms with E-state index in [2.05, 4.69) is 20.8 Å². The Morgan fingerprint density at radius 2 is 2.20 bits per heavy atom. The van der Waals surface area contributed by atoms with Gasteiger partial charge in [0.25, 0.3) is 0 Å². The zero-order chi connectivity index (χ0) is 17.6. The standard InChI is InChI=1S/C15H17Cl2N5O2S/c16-11-4-1-5-12(17)14(11)18-13(23)6-8-25-15-19-20-21-22(15)9-10-3-2-7-24-10/h1,4-5,10H,2-3,6-9H2,(H,18,23). The number of rotatable bonds is 7. The number of tetrazole rings is 1. The smallest absolute Gasteiger partial charge is 0.225 e. The first-order valence-corrected chi connectivity index (χ1v) is 9.62. The minimum absolute atomic E-state index is 0.161. The molecule has 1 N–H and O–H groups in total. The highest BCUT2D eigenvalue weighted by molar-refractivity contribution is 7.99. The van der Waals surface area contributed by atoms with E-state index in [1.165, 1.54) is 11.8 Å². The molecule has 1 atom stereocenters. The van der Waals surface area contributed by atoms with Gasteiger partial charge in [0.2, 0.25) is 11.1 Å². The third-order valence-electron chi connectivity index (χ3n) is 3.69. The number of benzene rings is 1. The predicted molar refractivity (Wildman–Crippen MR) is 97.2 cm³/mol. The number of carbonyl (C=O) groups is 1. The van der Waals surface area contributed by atoms with Crippen LogP contribution in [0.15, 0.2) is 23.4 Å². The molecule has 0 radical (unpaired) electrons. The fourth-order valence-electron chi connectivity index (χ4n) is 2.45. The molecule has 1 aromatic heterocycles. The summed E-state index contributed by atoms with van der Waals surface area (Å²) >= 11 is 13.5. The number of carbonyl (C=O) groups excluding carboxylic acids is 1. The Hall–Kier alpha value is -1.35. The highest BCUT2D eigenvalue weighted by Gasteiger charge is 2.19. The molecule has 10 heteroatoms. The summed E-state index contributed by atoms with van der Waals surface area (Å²) in [5.41, 5.74) is 0.434. The fraction of sp³-hybridized carbons (Fsp3) is 0.467. The quantitative estimate of drug-likeness (QED) is 0.716. The molecule has 1 unspecified atom stereocenters. The molecular formula is C15H17Cl2N5O2S. The highest BCUT2D eigenvalue weighted by Crippen LogP contribution is 2.30. The molecule has 0 aliphatic carbocycles. The van der Waals surface area contributed by atoms with Crippen LogP contribution in [0.5, 0.6) is 0 Å². The number of amides is 1. The Balaban J connectivity index is 1.48. The number of nitrogens with zero attached hydrogens (tertiary/aromatic N) is 4. The van der Waals surface area contributed by atoms with Gasteiger partial charge < -0.3 is 10.1 Å². The SMILES string of the molecule is O=C(CCSc1nnnn1CC1CCCO1)Nc1c(Cl)cccc1Cl. The maximum atomic E-state index is 12.1. The summed E-state index contributed by atoms with van der Waals surface area (Å²) in [5, 5.41) is 15.9. The number of thioether (sulfide) groups is 1. The van der Waals surface area contributed by atoms with Gasteiger partial charge in [-0.2, -0.15) is 0 Å². The maximum absolute atomic E-state index is 12.1. The van der Waals surface area contributed by atoms with Crippen LogP contribution in [0.4, 0.5) is 5.69 Å². The molecule has 0 bridgehead atoms. The number of hydrogen-bond acceptors (Lipinski definition) is 6. The third-order valence-corrected chi connectivity index (χ3v) is 5.28. The van der Waals surface area contributed by atoms with Crippen LogP contribution in [0.1, 0.15) is 19.3 Å². The second kappa shape index (κ2) is 8.84. The summed E-state index contributed by atoms with van der Waals surface area (Å²) in [6.45, 7) is 1.43. The predicted octanol–water partition coefficient (Wildman–Crippen LogP) is 3.28. The highest BCUT2D eigenvalue weighted by atomic mass is 35.5. The Morgan fingerprint density at radius 3 is 2.92 bits per heavy atom. The van der Waals surface area contributed by atoms with Crippen molar-refractivity contribution in [3.05, 3.63) is 28.2 Å². The fourth-order valence-corrected chi connectivity index (χ4v) is 3.77. The zero-order valence-corrected chi connectivity index (χ0v) is 15.6. The summed E-state index contributed by atoms with van der Waals surface area (Å²) in [5.74, 6) is 0.375. The van der Waals surface area contributed by atoms with Crippen molar-refractivity contribution in [2.24, 2.45) is 0 Å². The molecule has 2 aromatic rings. The average Bonchev–Trinajstić information content (AvgIpc) is 3.24. The van der Waals surface area contributed by atoms with Crippen LogP contribution in [-0.2, 0) is 16.1 Å². The molecule has 1 saturated heterocycles. The number of hydrogen-bond donors (Lipinski definition) is 1. The minimum atomic E-state index is -0.166. The maximum Gasteiger partial charge on any atom is 0.225 e. The van der Waals surface area contributed by atoms with E-state index < -0.39 is 0 Å². The van der Waals surface area contributed by atoms with Crippen molar-refractivity contribution in [3.63, 3.8) is 0 Å². The van der Waals surface area contributed by atoms with Gasteiger partial charge in [-0.15, -0.1) is 5.10 Å². The van der Waals surface area contributed by atoms with Crippen molar-refractivity contribution >= 4 is 46.6 Å². The topological polar surface area (TPSA) is 81.9 Å². The van der Waals surface area contributed by atoms with Gasteiger partial charge in [-0.05, 0) is 35.4 Å². The van der Waals surface area contributed by atoms with Crippen LogP contribution >= 0.6 is 35.0 Å². The summed E-state index contributed by atoms with van der Waals surface area (Å²) in [4.78, 5) is 12.1. The summed E-state index contributed by atoms with van der Waals surface area (Å²) in [6.07, 6.45) is 2.54. The van der Waals surface area contributed by atoms with Crippen molar-refractivity contribution in [2.75, 3.05) is 17.7 Å². The molecule has 1 amide bonds. The van der Waals surface area contributed by atoms with Gasteiger partial charge in [0.15, 0.2) is 0 Å². The van der Waals surface area contributed by atoms with Gasteiger partial charge in [0.1, 0.15) is 0 Å². The molecule has 3 rings (SSSR count). The minimum Gasteiger partial charge on any atom is -0.376 e. The summed E-state index contributed by atoms with van der Waals surface area (Å²) in [7, 11) is 0. The largest absolute Gasteiger partial charge is 0.376 e. The molecule has 0 saturated carbocycles. The van der Waals surface area contributed by atoms with E-state index in [0.29, 0.717) is 39.6 Å². The van der Waals surface area contributed by atoms with Gasteiger partial charge >= 0.3 is 0 Å². The normalized spacial score (nSPS) is 17.0.